The average Bonchev–Trinajstić information content (AvgIpc) is 3.03. The van der Waals surface area contributed by atoms with E-state index in [1.54, 1.807) is 0 Å². The second-order valence-corrected chi connectivity index (χ2v) is 12.9. The third-order valence-electron chi connectivity index (χ3n) is 10.5. The summed E-state index contributed by atoms with van der Waals surface area (Å²) >= 11 is 0. The minimum absolute atomic E-state index is 0.163. The van der Waals surface area contributed by atoms with E-state index in [0.29, 0.717) is 30.1 Å². The fourth-order valence-electron chi connectivity index (χ4n) is 8.58. The number of aliphatic hydroxyl groups is 2. The van der Waals surface area contributed by atoms with Crippen LogP contribution in [0, 0.1) is 40.4 Å². The van der Waals surface area contributed by atoms with Gasteiger partial charge in [-0.1, -0.05) is 32.4 Å². The second-order valence-electron chi connectivity index (χ2n) is 12.9. The van der Waals surface area contributed by atoms with Crippen molar-refractivity contribution < 1.29 is 14.6 Å². The number of hydrogen-bond donors (Lipinski definition) is 2. The standard InChI is InChI=1S/C27H45FO2/c1-18(10-12-24(2,3)29)21-8-9-22-20-7-6-19-16-27(30,17-28)15-14-25(19,4)23(20)11-13-26(21,22)5/h6,18,20-23,29-30H,7-17H2,1-5H3/t18?,20?,21-,22?,23?,25+,26-,27+/m1/s1. The van der Waals surface area contributed by atoms with Gasteiger partial charge in [-0.15, -0.1) is 0 Å². The molecule has 2 nitrogen and oxygen atoms in total. The maximum absolute atomic E-state index is 13.5. The summed E-state index contributed by atoms with van der Waals surface area (Å²) in [6.45, 7) is 10.7. The molecule has 8 atom stereocenters. The van der Waals surface area contributed by atoms with Crippen molar-refractivity contribution in [2.45, 2.75) is 110 Å². The van der Waals surface area contributed by atoms with E-state index in [9.17, 15) is 14.6 Å². The molecule has 3 fully saturated rings. The number of halogens is 1. The van der Waals surface area contributed by atoms with E-state index in [4.69, 9.17) is 0 Å². The molecule has 0 bridgehead atoms. The van der Waals surface area contributed by atoms with Crippen LogP contribution < -0.4 is 0 Å². The van der Waals surface area contributed by atoms with Crippen molar-refractivity contribution in [1.82, 2.24) is 0 Å². The smallest absolute Gasteiger partial charge is 0.118 e. The fourth-order valence-corrected chi connectivity index (χ4v) is 8.58. The van der Waals surface area contributed by atoms with Crippen LogP contribution >= 0.6 is 0 Å². The molecule has 0 aliphatic heterocycles. The van der Waals surface area contributed by atoms with E-state index < -0.39 is 17.9 Å². The zero-order valence-electron chi connectivity index (χ0n) is 20.0. The Hall–Kier alpha value is -0.410. The van der Waals surface area contributed by atoms with Crippen LogP contribution in [0.4, 0.5) is 4.39 Å². The van der Waals surface area contributed by atoms with E-state index in [2.05, 4.69) is 26.8 Å². The molecule has 0 aromatic carbocycles. The Morgan fingerprint density at radius 2 is 1.87 bits per heavy atom. The van der Waals surface area contributed by atoms with E-state index in [0.717, 1.165) is 43.4 Å². The molecule has 3 heteroatoms. The van der Waals surface area contributed by atoms with Crippen molar-refractivity contribution in [3.63, 3.8) is 0 Å². The summed E-state index contributed by atoms with van der Waals surface area (Å²) in [6, 6.07) is 0. The molecule has 4 aliphatic rings. The number of rotatable bonds is 5. The van der Waals surface area contributed by atoms with Crippen molar-refractivity contribution in [1.29, 1.82) is 0 Å². The largest absolute Gasteiger partial charge is 0.390 e. The van der Waals surface area contributed by atoms with E-state index in [1.807, 2.05) is 13.8 Å². The highest BCUT2D eigenvalue weighted by atomic mass is 19.1. The minimum Gasteiger partial charge on any atom is -0.390 e. The first-order valence-electron chi connectivity index (χ1n) is 12.6. The Morgan fingerprint density at radius 1 is 1.13 bits per heavy atom. The SMILES string of the molecule is CC(CCC(C)(C)O)[C@H]1CCC2C3CC=C4C[C@](O)(CF)CC[C@]4(C)C3CC[C@@]21C. The normalized spacial score (nSPS) is 47.1. The Labute approximate surface area is 183 Å². The van der Waals surface area contributed by atoms with Gasteiger partial charge in [-0.05, 0) is 112 Å². The predicted octanol–water partition coefficient (Wildman–Crippen LogP) is 6.45. The van der Waals surface area contributed by atoms with Gasteiger partial charge in [-0.3, -0.25) is 0 Å². The van der Waals surface area contributed by atoms with Crippen LogP contribution in [0.2, 0.25) is 0 Å². The van der Waals surface area contributed by atoms with Crippen LogP contribution in [0.15, 0.2) is 11.6 Å². The summed E-state index contributed by atoms with van der Waals surface area (Å²) in [4.78, 5) is 0. The van der Waals surface area contributed by atoms with Gasteiger partial charge in [0, 0.05) is 6.42 Å². The van der Waals surface area contributed by atoms with E-state index in [-0.39, 0.29) is 5.41 Å². The first kappa shape index (κ1) is 22.8. The number of fused-ring (bicyclic) bond motifs is 5. The molecule has 4 aliphatic carbocycles. The van der Waals surface area contributed by atoms with Gasteiger partial charge in [-0.2, -0.15) is 0 Å². The molecule has 2 N–H and O–H groups in total. The van der Waals surface area contributed by atoms with Crippen LogP contribution in [0.25, 0.3) is 0 Å². The lowest BCUT2D eigenvalue weighted by atomic mass is 9.46. The minimum atomic E-state index is -1.12. The molecule has 0 aromatic rings. The molecule has 4 unspecified atom stereocenters. The summed E-state index contributed by atoms with van der Waals surface area (Å²) < 4.78 is 13.5. The maximum atomic E-state index is 13.5. The molecule has 4 rings (SSSR count). The zero-order chi connectivity index (χ0) is 21.9. The van der Waals surface area contributed by atoms with Crippen LogP contribution in [0.3, 0.4) is 0 Å². The van der Waals surface area contributed by atoms with Crippen molar-refractivity contribution in [2.24, 2.45) is 40.4 Å². The van der Waals surface area contributed by atoms with E-state index >= 15 is 0 Å². The van der Waals surface area contributed by atoms with Crippen molar-refractivity contribution in [3.05, 3.63) is 11.6 Å². The average molecular weight is 421 g/mol. The zero-order valence-corrected chi connectivity index (χ0v) is 20.0. The van der Waals surface area contributed by atoms with Gasteiger partial charge in [0.2, 0.25) is 0 Å². The first-order valence-corrected chi connectivity index (χ1v) is 12.6. The summed E-state index contributed by atoms with van der Waals surface area (Å²) in [5.74, 6) is 3.68. The molecule has 0 heterocycles. The Kier molecular flexibility index (Phi) is 5.75. The Bertz CT molecular complexity index is 681. The third kappa shape index (κ3) is 3.70. The lowest BCUT2D eigenvalue weighted by Gasteiger charge is -2.59. The molecule has 0 aromatic heterocycles. The second kappa shape index (κ2) is 7.58. The third-order valence-corrected chi connectivity index (χ3v) is 10.5. The predicted molar refractivity (Wildman–Crippen MR) is 121 cm³/mol. The molecule has 0 radical (unpaired) electrons. The highest BCUT2D eigenvalue weighted by Crippen LogP contribution is 2.67. The quantitative estimate of drug-likeness (QED) is 0.502. The Balaban J connectivity index is 1.52. The van der Waals surface area contributed by atoms with E-state index in [1.165, 1.54) is 31.3 Å². The number of hydrogen-bond acceptors (Lipinski definition) is 2. The Morgan fingerprint density at radius 3 is 2.53 bits per heavy atom. The fraction of sp³-hybridized carbons (Fsp3) is 0.926. The van der Waals surface area contributed by atoms with Crippen LogP contribution in [-0.2, 0) is 0 Å². The summed E-state index contributed by atoms with van der Waals surface area (Å²) in [5.41, 5.74) is 0.265. The molecule has 0 spiro atoms. The number of allylic oxidation sites excluding steroid dienone is 1. The van der Waals surface area contributed by atoms with Crippen LogP contribution in [0.5, 0.6) is 0 Å². The highest BCUT2D eigenvalue weighted by Gasteiger charge is 2.59. The lowest BCUT2D eigenvalue weighted by Crippen LogP contribution is -2.52. The van der Waals surface area contributed by atoms with Gasteiger partial charge >= 0.3 is 0 Å². The lowest BCUT2D eigenvalue weighted by molar-refractivity contribution is -0.0801. The molecule has 3 saturated carbocycles. The van der Waals surface area contributed by atoms with Crippen molar-refractivity contribution in [3.8, 4) is 0 Å². The molecule has 30 heavy (non-hydrogen) atoms. The van der Waals surface area contributed by atoms with Crippen LogP contribution in [0.1, 0.15) is 98.8 Å². The summed E-state index contributed by atoms with van der Waals surface area (Å²) in [7, 11) is 0. The molecule has 172 valence electrons. The highest BCUT2D eigenvalue weighted by molar-refractivity contribution is 5.27. The van der Waals surface area contributed by atoms with Gasteiger partial charge < -0.3 is 10.2 Å². The molecular formula is C27H45FO2. The van der Waals surface area contributed by atoms with Crippen molar-refractivity contribution in [2.75, 3.05) is 6.67 Å². The maximum Gasteiger partial charge on any atom is 0.118 e. The topological polar surface area (TPSA) is 40.5 Å². The van der Waals surface area contributed by atoms with Crippen molar-refractivity contribution >= 4 is 0 Å². The van der Waals surface area contributed by atoms with Gasteiger partial charge in [0.1, 0.15) is 6.67 Å². The van der Waals surface area contributed by atoms with Crippen LogP contribution in [-0.4, -0.2) is 28.1 Å². The molecular weight excluding hydrogens is 375 g/mol. The monoisotopic (exact) mass is 420 g/mol. The van der Waals surface area contributed by atoms with Gasteiger partial charge in [0.15, 0.2) is 0 Å². The summed E-state index contributed by atoms with van der Waals surface area (Å²) in [5, 5.41) is 20.8. The van der Waals surface area contributed by atoms with Gasteiger partial charge in [0.05, 0.1) is 11.2 Å². The molecule has 0 saturated heterocycles. The van der Waals surface area contributed by atoms with Gasteiger partial charge in [0.25, 0.3) is 0 Å². The molecule has 0 amide bonds. The van der Waals surface area contributed by atoms with Gasteiger partial charge in [-0.25, -0.2) is 4.39 Å². The number of alkyl halides is 1. The summed E-state index contributed by atoms with van der Waals surface area (Å²) in [6.07, 6.45) is 12.9. The first-order chi connectivity index (χ1) is 13.9.